The zero-order valence-electron chi connectivity index (χ0n) is 22.2. The second kappa shape index (κ2) is 10.8. The number of nitrogens with two attached hydrogens (primary N) is 1. The molecule has 2 aromatic rings. The van der Waals surface area contributed by atoms with E-state index < -0.39 is 58.9 Å². The van der Waals surface area contributed by atoms with Gasteiger partial charge in [0.2, 0.25) is 5.82 Å². The summed E-state index contributed by atoms with van der Waals surface area (Å²) in [6.45, 7) is 3.50. The van der Waals surface area contributed by atoms with Gasteiger partial charge in [-0.3, -0.25) is 19.5 Å². The Labute approximate surface area is 232 Å². The van der Waals surface area contributed by atoms with E-state index in [0.29, 0.717) is 19.7 Å². The molecule has 0 spiro atoms. The molecule has 0 radical (unpaired) electrons. The van der Waals surface area contributed by atoms with Gasteiger partial charge in [-0.05, 0) is 31.5 Å². The molecule has 2 amide bonds. The summed E-state index contributed by atoms with van der Waals surface area (Å²) in [6.07, 6.45) is -4.51. The SMILES string of the molecule is C[C@H]1[C@@H](c2ccc(F)c(F)c2OCCN2CCOC3CC32)[C@H](C(=O)Nc2ccnc(C(N)=O)c2)O[C@@]1(C)C(F)(F)F. The summed E-state index contributed by atoms with van der Waals surface area (Å²) in [6, 6.07) is 4.57. The van der Waals surface area contributed by atoms with Gasteiger partial charge in [0.05, 0.1) is 12.7 Å². The number of nitrogens with zero attached hydrogens (tertiary/aromatic N) is 2. The van der Waals surface area contributed by atoms with Gasteiger partial charge in [0.15, 0.2) is 17.2 Å². The molecular formula is C27H29F5N4O5. The van der Waals surface area contributed by atoms with Crippen molar-refractivity contribution in [3.8, 4) is 5.75 Å². The van der Waals surface area contributed by atoms with E-state index in [9.17, 15) is 27.2 Å². The Morgan fingerprint density at radius 1 is 1.27 bits per heavy atom. The third-order valence-corrected chi connectivity index (χ3v) is 8.15. The first-order chi connectivity index (χ1) is 19.3. The molecule has 41 heavy (non-hydrogen) atoms. The van der Waals surface area contributed by atoms with Crippen molar-refractivity contribution >= 4 is 17.5 Å². The van der Waals surface area contributed by atoms with Crippen molar-refractivity contribution in [3.63, 3.8) is 0 Å². The molecule has 3 heterocycles. The molecular weight excluding hydrogens is 555 g/mol. The number of ether oxygens (including phenoxy) is 3. The van der Waals surface area contributed by atoms with Crippen LogP contribution >= 0.6 is 0 Å². The van der Waals surface area contributed by atoms with E-state index in [1.165, 1.54) is 19.2 Å². The fraction of sp³-hybridized carbons (Fsp3) is 0.519. The summed E-state index contributed by atoms with van der Waals surface area (Å²) < 4.78 is 89.1. The molecule has 3 aliphatic rings. The summed E-state index contributed by atoms with van der Waals surface area (Å²) in [4.78, 5) is 30.7. The summed E-state index contributed by atoms with van der Waals surface area (Å²) in [5, 5.41) is 2.42. The van der Waals surface area contributed by atoms with E-state index in [1.807, 2.05) is 0 Å². The molecule has 2 aliphatic heterocycles. The summed E-state index contributed by atoms with van der Waals surface area (Å²) >= 11 is 0. The summed E-state index contributed by atoms with van der Waals surface area (Å²) in [7, 11) is 0. The van der Waals surface area contributed by atoms with Crippen LogP contribution in [0.2, 0.25) is 0 Å². The topological polar surface area (TPSA) is 116 Å². The fourth-order valence-electron chi connectivity index (χ4n) is 5.59. The second-order valence-electron chi connectivity index (χ2n) is 10.6. The number of alkyl halides is 3. The monoisotopic (exact) mass is 584 g/mol. The van der Waals surface area contributed by atoms with Crippen LogP contribution in [-0.4, -0.2) is 78.0 Å². The van der Waals surface area contributed by atoms with Gasteiger partial charge < -0.3 is 25.3 Å². The van der Waals surface area contributed by atoms with Crippen LogP contribution in [0.1, 0.15) is 42.2 Å². The highest BCUT2D eigenvalue weighted by atomic mass is 19.4. The highest BCUT2D eigenvalue weighted by Gasteiger charge is 2.66. The third-order valence-electron chi connectivity index (χ3n) is 8.15. The molecule has 2 saturated heterocycles. The predicted molar refractivity (Wildman–Crippen MR) is 134 cm³/mol. The lowest BCUT2D eigenvalue weighted by Gasteiger charge is -2.32. The average Bonchev–Trinajstić information content (AvgIpc) is 3.66. The highest BCUT2D eigenvalue weighted by molar-refractivity contribution is 5.97. The molecule has 9 nitrogen and oxygen atoms in total. The number of fused-ring (bicyclic) bond motifs is 1. The lowest BCUT2D eigenvalue weighted by Crippen LogP contribution is -2.47. The van der Waals surface area contributed by atoms with Crippen molar-refractivity contribution in [2.24, 2.45) is 11.7 Å². The van der Waals surface area contributed by atoms with Crippen LogP contribution < -0.4 is 15.8 Å². The number of morpholine rings is 1. The van der Waals surface area contributed by atoms with Crippen LogP contribution in [0, 0.1) is 17.6 Å². The van der Waals surface area contributed by atoms with Crippen molar-refractivity contribution in [1.82, 2.24) is 9.88 Å². The number of halogens is 5. The molecule has 3 N–H and O–H groups in total. The first kappa shape index (κ1) is 29.1. The molecule has 3 fully saturated rings. The van der Waals surface area contributed by atoms with Gasteiger partial charge in [-0.15, -0.1) is 0 Å². The van der Waals surface area contributed by atoms with Gasteiger partial charge in [-0.1, -0.05) is 13.0 Å². The normalized spacial score (nSPS) is 29.6. The predicted octanol–water partition coefficient (Wildman–Crippen LogP) is 3.39. The number of benzene rings is 1. The van der Waals surface area contributed by atoms with Crippen molar-refractivity contribution in [3.05, 3.63) is 53.4 Å². The van der Waals surface area contributed by atoms with Crippen molar-refractivity contribution in [2.45, 2.75) is 56.2 Å². The minimum absolute atomic E-state index is 0.0278. The molecule has 1 aromatic heterocycles. The molecule has 5 rings (SSSR count). The zero-order chi connectivity index (χ0) is 29.7. The minimum atomic E-state index is -4.91. The highest BCUT2D eigenvalue weighted by Crippen LogP contribution is 2.55. The number of hydrogen-bond acceptors (Lipinski definition) is 7. The lowest BCUT2D eigenvalue weighted by atomic mass is 9.77. The van der Waals surface area contributed by atoms with Gasteiger partial charge in [0.25, 0.3) is 11.8 Å². The maximum absolute atomic E-state index is 15.2. The van der Waals surface area contributed by atoms with E-state index in [0.717, 1.165) is 31.5 Å². The Morgan fingerprint density at radius 3 is 2.73 bits per heavy atom. The van der Waals surface area contributed by atoms with E-state index in [2.05, 4.69) is 15.2 Å². The van der Waals surface area contributed by atoms with Crippen LogP contribution in [0.15, 0.2) is 30.5 Å². The maximum Gasteiger partial charge on any atom is 0.417 e. The number of carbonyl (C=O) groups is 2. The summed E-state index contributed by atoms with van der Waals surface area (Å²) in [5.74, 6) is -7.89. The smallest absolute Gasteiger partial charge is 0.417 e. The number of rotatable bonds is 8. The average molecular weight is 585 g/mol. The first-order valence-electron chi connectivity index (χ1n) is 13.1. The molecule has 2 unspecified atom stereocenters. The van der Waals surface area contributed by atoms with Gasteiger partial charge in [0, 0.05) is 48.4 Å². The van der Waals surface area contributed by atoms with E-state index in [1.54, 1.807) is 0 Å². The van der Waals surface area contributed by atoms with Gasteiger partial charge in [-0.2, -0.15) is 17.6 Å². The van der Waals surface area contributed by atoms with E-state index >= 15 is 4.39 Å². The largest absolute Gasteiger partial charge is 0.489 e. The minimum Gasteiger partial charge on any atom is -0.489 e. The quantitative estimate of drug-likeness (QED) is 0.457. The fourth-order valence-corrected chi connectivity index (χ4v) is 5.59. The number of primary amides is 1. The van der Waals surface area contributed by atoms with Crippen molar-refractivity contribution in [2.75, 3.05) is 31.6 Å². The van der Waals surface area contributed by atoms with Crippen LogP contribution in [0.5, 0.6) is 5.75 Å². The Kier molecular flexibility index (Phi) is 7.68. The number of nitrogens with one attached hydrogen (secondary N) is 1. The number of anilines is 1. The van der Waals surface area contributed by atoms with Gasteiger partial charge in [-0.25, -0.2) is 4.39 Å². The molecule has 0 bridgehead atoms. The number of hydrogen-bond donors (Lipinski definition) is 2. The Balaban J connectivity index is 1.46. The van der Waals surface area contributed by atoms with Crippen molar-refractivity contribution in [1.29, 1.82) is 0 Å². The molecule has 1 aromatic carbocycles. The Morgan fingerprint density at radius 2 is 2.02 bits per heavy atom. The molecule has 222 valence electrons. The van der Waals surface area contributed by atoms with Crippen LogP contribution in [0.4, 0.5) is 27.6 Å². The van der Waals surface area contributed by atoms with E-state index in [-0.39, 0.29) is 35.7 Å². The first-order valence-corrected chi connectivity index (χ1v) is 13.1. The molecule has 14 heteroatoms. The molecule has 6 atom stereocenters. The number of pyridine rings is 1. The van der Waals surface area contributed by atoms with Crippen molar-refractivity contribution < 1.29 is 45.8 Å². The molecule has 1 saturated carbocycles. The molecule has 1 aliphatic carbocycles. The van der Waals surface area contributed by atoms with Gasteiger partial charge >= 0.3 is 6.18 Å². The maximum atomic E-state index is 15.2. The Bertz CT molecular complexity index is 1340. The van der Waals surface area contributed by atoms with Crippen LogP contribution in [0.3, 0.4) is 0 Å². The lowest BCUT2D eigenvalue weighted by molar-refractivity contribution is -0.272. The van der Waals surface area contributed by atoms with Crippen LogP contribution in [0.25, 0.3) is 0 Å². The van der Waals surface area contributed by atoms with Crippen LogP contribution in [-0.2, 0) is 14.3 Å². The Hall–Kier alpha value is -3.36. The van der Waals surface area contributed by atoms with Gasteiger partial charge in [0.1, 0.15) is 18.4 Å². The number of aromatic nitrogens is 1. The summed E-state index contributed by atoms with van der Waals surface area (Å²) in [5.41, 5.74) is 2.12. The van der Waals surface area contributed by atoms with E-state index in [4.69, 9.17) is 19.9 Å². The standard InChI is InChI=1S/C27H29F5N4O5/c1-13-20(15-3-4-16(28)21(29)22(15)40-10-8-36-7-9-39-19-12-18(19)36)23(41-26(13,2)27(30,31)32)25(38)35-14-5-6-34-17(11-14)24(33)37/h3-6,11,13,18-20,23H,7-10,12H2,1-2H3,(H2,33,37)(H,34,35,38)/t13-,18?,19?,20-,23+,26+/m0/s1. The third kappa shape index (κ3) is 5.47. The zero-order valence-corrected chi connectivity index (χ0v) is 22.2. The number of amides is 2. The number of carbonyl (C=O) groups excluding carboxylic acids is 2. The second-order valence-corrected chi connectivity index (χ2v) is 10.6.